The van der Waals surface area contributed by atoms with Gasteiger partial charge in [0.15, 0.2) is 0 Å². The fourth-order valence-corrected chi connectivity index (χ4v) is 1.62. The number of aryl methyl sites for hydroxylation is 1. The molecule has 0 radical (unpaired) electrons. The summed E-state index contributed by atoms with van der Waals surface area (Å²) in [6, 6.07) is 8.16. The zero-order chi connectivity index (χ0) is 9.26. The first-order valence-electron chi connectivity index (χ1n) is 4.37. The van der Waals surface area contributed by atoms with Crippen molar-refractivity contribution in [3.8, 4) is 0 Å². The van der Waals surface area contributed by atoms with Crippen molar-refractivity contribution in [2.45, 2.75) is 13.0 Å². The Balaban J connectivity index is 2.26. The third-order valence-corrected chi connectivity index (χ3v) is 2.34. The molecule has 0 spiro atoms. The highest BCUT2D eigenvalue weighted by atomic mass is 16.2. The van der Waals surface area contributed by atoms with Crippen molar-refractivity contribution < 1.29 is 4.79 Å². The molecule has 2 amide bonds. The maximum atomic E-state index is 10.9. The molecule has 1 aromatic carbocycles. The third kappa shape index (κ3) is 1.49. The van der Waals surface area contributed by atoms with E-state index >= 15 is 0 Å². The van der Waals surface area contributed by atoms with E-state index in [0.717, 1.165) is 0 Å². The summed E-state index contributed by atoms with van der Waals surface area (Å²) in [6.45, 7) is 2.74. The van der Waals surface area contributed by atoms with Crippen molar-refractivity contribution in [2.75, 3.05) is 6.54 Å². The van der Waals surface area contributed by atoms with Crippen LogP contribution < -0.4 is 10.6 Å². The fourth-order valence-electron chi connectivity index (χ4n) is 1.62. The molecular weight excluding hydrogens is 164 g/mol. The first-order chi connectivity index (χ1) is 6.27. The molecule has 0 bridgehead atoms. The van der Waals surface area contributed by atoms with Gasteiger partial charge in [0.05, 0.1) is 6.04 Å². The molecule has 1 heterocycles. The highest BCUT2D eigenvalue weighted by Crippen LogP contribution is 2.18. The van der Waals surface area contributed by atoms with Crippen LogP contribution >= 0.6 is 0 Å². The number of rotatable bonds is 1. The molecule has 13 heavy (non-hydrogen) atoms. The second-order valence-corrected chi connectivity index (χ2v) is 3.26. The van der Waals surface area contributed by atoms with Crippen LogP contribution in [0.5, 0.6) is 0 Å². The van der Waals surface area contributed by atoms with Crippen molar-refractivity contribution in [3.63, 3.8) is 0 Å². The van der Waals surface area contributed by atoms with E-state index in [-0.39, 0.29) is 12.1 Å². The number of amides is 2. The average molecular weight is 176 g/mol. The summed E-state index contributed by atoms with van der Waals surface area (Å²) in [6.07, 6.45) is 0. The maximum Gasteiger partial charge on any atom is 0.315 e. The summed E-state index contributed by atoms with van der Waals surface area (Å²) >= 11 is 0. The van der Waals surface area contributed by atoms with Crippen molar-refractivity contribution in [2.24, 2.45) is 0 Å². The van der Waals surface area contributed by atoms with Crippen LogP contribution in [0.25, 0.3) is 0 Å². The van der Waals surface area contributed by atoms with Gasteiger partial charge in [-0.3, -0.25) is 0 Å². The lowest BCUT2D eigenvalue weighted by atomic mass is 10.0. The van der Waals surface area contributed by atoms with Gasteiger partial charge in [-0.2, -0.15) is 0 Å². The Labute approximate surface area is 77.1 Å². The SMILES string of the molecule is Cc1ccccc1[C@H]1CNC(=O)N1. The summed E-state index contributed by atoms with van der Waals surface area (Å²) in [5.41, 5.74) is 2.41. The van der Waals surface area contributed by atoms with Crippen LogP contribution in [-0.4, -0.2) is 12.6 Å². The van der Waals surface area contributed by atoms with Gasteiger partial charge in [0, 0.05) is 6.54 Å². The van der Waals surface area contributed by atoms with E-state index in [2.05, 4.69) is 23.6 Å². The molecule has 1 aliphatic rings. The van der Waals surface area contributed by atoms with Crippen molar-refractivity contribution in [1.29, 1.82) is 0 Å². The Hall–Kier alpha value is -1.51. The summed E-state index contributed by atoms with van der Waals surface area (Å²) in [7, 11) is 0. The molecule has 2 rings (SSSR count). The first kappa shape index (κ1) is 8.10. The molecule has 0 aromatic heterocycles. The molecule has 1 saturated heterocycles. The van der Waals surface area contributed by atoms with Gasteiger partial charge in [0.25, 0.3) is 0 Å². The van der Waals surface area contributed by atoms with Crippen LogP contribution in [-0.2, 0) is 0 Å². The zero-order valence-corrected chi connectivity index (χ0v) is 7.50. The molecule has 0 saturated carbocycles. The Kier molecular flexibility index (Phi) is 1.93. The average Bonchev–Trinajstić information content (AvgIpc) is 2.53. The summed E-state index contributed by atoms with van der Waals surface area (Å²) in [5.74, 6) is 0. The van der Waals surface area contributed by atoms with E-state index in [4.69, 9.17) is 0 Å². The maximum absolute atomic E-state index is 10.9. The van der Waals surface area contributed by atoms with Gasteiger partial charge in [-0.05, 0) is 18.1 Å². The molecule has 68 valence electrons. The number of hydrogen-bond donors (Lipinski definition) is 2. The molecular formula is C10H12N2O. The van der Waals surface area contributed by atoms with Crippen molar-refractivity contribution >= 4 is 6.03 Å². The van der Waals surface area contributed by atoms with Gasteiger partial charge >= 0.3 is 6.03 Å². The Bertz CT molecular complexity index is 335. The van der Waals surface area contributed by atoms with Crippen molar-refractivity contribution in [3.05, 3.63) is 35.4 Å². The van der Waals surface area contributed by atoms with Gasteiger partial charge < -0.3 is 10.6 Å². The Morgan fingerprint density at radius 1 is 1.38 bits per heavy atom. The van der Waals surface area contributed by atoms with Crippen molar-refractivity contribution in [1.82, 2.24) is 10.6 Å². The Morgan fingerprint density at radius 2 is 2.15 bits per heavy atom. The molecule has 1 atom stereocenters. The minimum atomic E-state index is -0.0757. The molecule has 2 N–H and O–H groups in total. The summed E-state index contributed by atoms with van der Waals surface area (Å²) < 4.78 is 0. The molecule has 3 heteroatoms. The van der Waals surface area contributed by atoms with Gasteiger partial charge in [0.1, 0.15) is 0 Å². The summed E-state index contributed by atoms with van der Waals surface area (Å²) in [4.78, 5) is 10.9. The minimum Gasteiger partial charge on any atom is -0.336 e. The first-order valence-corrected chi connectivity index (χ1v) is 4.37. The smallest absolute Gasteiger partial charge is 0.315 e. The fraction of sp³-hybridized carbons (Fsp3) is 0.300. The topological polar surface area (TPSA) is 41.1 Å². The lowest BCUT2D eigenvalue weighted by Crippen LogP contribution is -2.21. The monoisotopic (exact) mass is 176 g/mol. The highest BCUT2D eigenvalue weighted by molar-refractivity contribution is 5.77. The summed E-state index contributed by atoms with van der Waals surface area (Å²) in [5, 5.41) is 5.61. The molecule has 1 aliphatic heterocycles. The molecule has 1 fully saturated rings. The van der Waals surface area contributed by atoms with E-state index in [1.165, 1.54) is 11.1 Å². The van der Waals surface area contributed by atoms with E-state index < -0.39 is 0 Å². The van der Waals surface area contributed by atoms with Crippen LogP contribution in [0.1, 0.15) is 17.2 Å². The van der Waals surface area contributed by atoms with Gasteiger partial charge in [0.2, 0.25) is 0 Å². The molecule has 3 nitrogen and oxygen atoms in total. The number of carbonyl (C=O) groups excluding carboxylic acids is 1. The van der Waals surface area contributed by atoms with E-state index in [0.29, 0.717) is 6.54 Å². The van der Waals surface area contributed by atoms with Crippen LogP contribution in [0, 0.1) is 6.92 Å². The van der Waals surface area contributed by atoms with Crippen LogP contribution in [0.2, 0.25) is 0 Å². The van der Waals surface area contributed by atoms with Gasteiger partial charge in [-0.15, -0.1) is 0 Å². The largest absolute Gasteiger partial charge is 0.336 e. The zero-order valence-electron chi connectivity index (χ0n) is 7.50. The van der Waals surface area contributed by atoms with Crippen LogP contribution in [0.3, 0.4) is 0 Å². The van der Waals surface area contributed by atoms with E-state index in [1.807, 2.05) is 18.2 Å². The number of benzene rings is 1. The van der Waals surface area contributed by atoms with Gasteiger partial charge in [-0.25, -0.2) is 4.79 Å². The highest BCUT2D eigenvalue weighted by Gasteiger charge is 2.22. The number of hydrogen-bond acceptors (Lipinski definition) is 1. The number of nitrogens with one attached hydrogen (secondary N) is 2. The van der Waals surface area contributed by atoms with Crippen LogP contribution in [0.4, 0.5) is 4.79 Å². The number of carbonyl (C=O) groups is 1. The minimum absolute atomic E-state index is 0.0757. The molecule has 0 unspecified atom stereocenters. The standard InChI is InChI=1S/C10H12N2O/c1-7-4-2-3-5-8(7)9-6-11-10(13)12-9/h2-5,9H,6H2,1H3,(H2,11,12,13)/t9-/m1/s1. The predicted octanol–water partition coefficient (Wildman–Crippen LogP) is 1.35. The molecule has 0 aliphatic carbocycles. The quantitative estimate of drug-likeness (QED) is 0.666. The van der Waals surface area contributed by atoms with Crippen LogP contribution in [0.15, 0.2) is 24.3 Å². The predicted molar refractivity (Wildman–Crippen MR) is 50.5 cm³/mol. The Morgan fingerprint density at radius 3 is 2.77 bits per heavy atom. The third-order valence-electron chi connectivity index (χ3n) is 2.34. The second-order valence-electron chi connectivity index (χ2n) is 3.26. The van der Waals surface area contributed by atoms with Gasteiger partial charge in [-0.1, -0.05) is 24.3 Å². The lowest BCUT2D eigenvalue weighted by molar-refractivity contribution is 0.247. The normalized spacial score (nSPS) is 21.0. The second kappa shape index (κ2) is 3.09. The lowest BCUT2D eigenvalue weighted by Gasteiger charge is -2.11. The van der Waals surface area contributed by atoms with E-state index in [9.17, 15) is 4.79 Å². The number of urea groups is 1. The molecule has 1 aromatic rings. The van der Waals surface area contributed by atoms with E-state index in [1.54, 1.807) is 0 Å².